The fraction of sp³-hybridized carbons (Fsp3) is 0.273. The first-order valence-electron chi connectivity index (χ1n) is 10.5. The number of hydrogen-bond acceptors (Lipinski definition) is 7. The van der Waals surface area contributed by atoms with Crippen LogP contribution >= 0.6 is 31.0 Å². The van der Waals surface area contributed by atoms with E-state index >= 15 is 0 Å². The fourth-order valence-electron chi connectivity index (χ4n) is 3.32. The number of aromatic nitrogens is 2. The Hall–Kier alpha value is -2.95. The molecule has 4 N–H and O–H groups in total. The third-order valence-electron chi connectivity index (χ3n) is 4.98. The SMILES string of the molecule is C[C@H](NC(=O)[C@@H](CC(=O)O)Cc1ccc(OP(=O)(O)O)cc1)c1nc(Cc2ccc(Cl)c(Cl)c2)no1. The van der Waals surface area contributed by atoms with Crippen LogP contribution in [0.15, 0.2) is 47.0 Å². The maximum atomic E-state index is 12.9. The molecule has 2 atom stereocenters. The standard InChI is InChI=1S/C22H22Cl2N3O8P/c1-12(22-26-19(27-34-22)10-14-4-7-17(23)18(24)9-14)25-21(30)15(11-20(28)29)8-13-2-5-16(6-3-13)35-36(31,32)33/h2-7,9,12,15H,8,10-11H2,1H3,(H,25,30)(H,28,29)(H2,31,32,33)/t12-,15+/m0/s1. The van der Waals surface area contributed by atoms with Gasteiger partial charge in [-0.2, -0.15) is 4.98 Å². The number of carboxylic acids is 1. The Bertz CT molecular complexity index is 1280. The van der Waals surface area contributed by atoms with Gasteiger partial charge in [-0.05, 0) is 48.7 Å². The molecule has 36 heavy (non-hydrogen) atoms. The van der Waals surface area contributed by atoms with Crippen molar-refractivity contribution < 1.29 is 38.1 Å². The number of nitrogens with zero attached hydrogens (tertiary/aromatic N) is 2. The summed E-state index contributed by atoms with van der Waals surface area (Å²) in [5.74, 6) is -2.18. The van der Waals surface area contributed by atoms with Crippen LogP contribution in [-0.2, 0) is 27.0 Å². The van der Waals surface area contributed by atoms with Crippen molar-refractivity contribution in [1.29, 1.82) is 0 Å². The summed E-state index contributed by atoms with van der Waals surface area (Å²) in [5, 5.41) is 16.7. The number of benzene rings is 2. The predicted molar refractivity (Wildman–Crippen MR) is 129 cm³/mol. The molecule has 11 nitrogen and oxygen atoms in total. The van der Waals surface area contributed by atoms with Crippen molar-refractivity contribution in [3.63, 3.8) is 0 Å². The van der Waals surface area contributed by atoms with E-state index in [1.165, 1.54) is 24.3 Å². The van der Waals surface area contributed by atoms with E-state index in [1.54, 1.807) is 25.1 Å². The molecular weight excluding hydrogens is 536 g/mol. The molecule has 0 bridgehead atoms. The van der Waals surface area contributed by atoms with Gasteiger partial charge in [0.15, 0.2) is 5.82 Å². The molecule has 0 saturated heterocycles. The largest absolute Gasteiger partial charge is 0.524 e. The first-order chi connectivity index (χ1) is 16.9. The van der Waals surface area contributed by atoms with Crippen LogP contribution in [0.2, 0.25) is 10.0 Å². The topological polar surface area (TPSA) is 172 Å². The Balaban J connectivity index is 1.64. The lowest BCUT2D eigenvalue weighted by molar-refractivity contribution is -0.141. The number of hydrogen-bond donors (Lipinski definition) is 4. The average molecular weight is 558 g/mol. The molecule has 0 radical (unpaired) electrons. The number of halogens is 2. The number of rotatable bonds is 11. The first-order valence-corrected chi connectivity index (χ1v) is 12.8. The van der Waals surface area contributed by atoms with Crippen molar-refractivity contribution in [2.45, 2.75) is 32.2 Å². The second kappa shape index (κ2) is 11.9. The zero-order valence-corrected chi connectivity index (χ0v) is 21.2. The van der Waals surface area contributed by atoms with Gasteiger partial charge in [-0.3, -0.25) is 19.4 Å². The van der Waals surface area contributed by atoms with Gasteiger partial charge < -0.3 is 19.5 Å². The molecule has 0 unspecified atom stereocenters. The van der Waals surface area contributed by atoms with Gasteiger partial charge in [0.25, 0.3) is 0 Å². The summed E-state index contributed by atoms with van der Waals surface area (Å²) < 4.78 is 20.7. The zero-order chi connectivity index (χ0) is 26.5. The van der Waals surface area contributed by atoms with Crippen LogP contribution < -0.4 is 9.84 Å². The van der Waals surface area contributed by atoms with Gasteiger partial charge in [0.2, 0.25) is 11.8 Å². The summed E-state index contributed by atoms with van der Waals surface area (Å²) in [6.07, 6.45) is -0.0520. The van der Waals surface area contributed by atoms with Crippen molar-refractivity contribution in [1.82, 2.24) is 15.5 Å². The summed E-state index contributed by atoms with van der Waals surface area (Å²) in [7, 11) is -4.71. The highest BCUT2D eigenvalue weighted by Crippen LogP contribution is 2.37. The minimum absolute atomic E-state index is 0.0620. The molecule has 3 aromatic rings. The molecule has 2 aromatic carbocycles. The number of aliphatic carboxylic acids is 1. The Morgan fingerprint density at radius 2 is 1.78 bits per heavy atom. The highest BCUT2D eigenvalue weighted by atomic mass is 35.5. The van der Waals surface area contributed by atoms with Crippen LogP contribution in [0.1, 0.15) is 42.2 Å². The monoisotopic (exact) mass is 557 g/mol. The summed E-state index contributed by atoms with van der Waals surface area (Å²) in [5.41, 5.74) is 1.39. The van der Waals surface area contributed by atoms with Crippen molar-refractivity contribution in [3.8, 4) is 5.75 Å². The van der Waals surface area contributed by atoms with Crippen molar-refractivity contribution >= 4 is 42.9 Å². The lowest BCUT2D eigenvalue weighted by Gasteiger charge is -2.17. The van der Waals surface area contributed by atoms with Gasteiger partial charge in [-0.25, -0.2) is 4.57 Å². The second-order valence-corrected chi connectivity index (χ2v) is 9.91. The predicted octanol–water partition coefficient (Wildman–Crippen LogP) is 3.95. The summed E-state index contributed by atoms with van der Waals surface area (Å²) in [6.45, 7) is 1.63. The molecule has 0 spiro atoms. The van der Waals surface area contributed by atoms with Gasteiger partial charge >= 0.3 is 13.8 Å². The van der Waals surface area contributed by atoms with E-state index in [-0.39, 0.29) is 18.1 Å². The summed E-state index contributed by atoms with van der Waals surface area (Å²) in [6, 6.07) is 10.0. The first kappa shape index (κ1) is 27.6. The number of phosphoric ester groups is 1. The Morgan fingerprint density at radius 3 is 2.39 bits per heavy atom. The van der Waals surface area contributed by atoms with E-state index in [0.717, 1.165) is 5.56 Å². The van der Waals surface area contributed by atoms with E-state index in [1.807, 2.05) is 0 Å². The minimum Gasteiger partial charge on any atom is -0.481 e. The van der Waals surface area contributed by atoms with Gasteiger partial charge in [0.1, 0.15) is 11.8 Å². The van der Waals surface area contributed by atoms with E-state index in [2.05, 4.69) is 20.0 Å². The highest BCUT2D eigenvalue weighted by molar-refractivity contribution is 7.46. The van der Waals surface area contributed by atoms with Crippen LogP contribution in [0.4, 0.5) is 0 Å². The van der Waals surface area contributed by atoms with Crippen LogP contribution in [0, 0.1) is 5.92 Å². The molecule has 14 heteroatoms. The number of carbonyl (C=O) groups excluding carboxylic acids is 1. The molecule has 1 aromatic heterocycles. The smallest absolute Gasteiger partial charge is 0.481 e. The number of carbonyl (C=O) groups is 2. The Labute approximate surface area is 215 Å². The fourth-order valence-corrected chi connectivity index (χ4v) is 4.03. The molecule has 0 aliphatic carbocycles. The molecule has 1 heterocycles. The van der Waals surface area contributed by atoms with Crippen molar-refractivity contribution in [2.24, 2.45) is 5.92 Å². The molecule has 192 valence electrons. The Morgan fingerprint density at radius 1 is 1.11 bits per heavy atom. The third-order valence-corrected chi connectivity index (χ3v) is 6.17. The van der Waals surface area contributed by atoms with E-state index in [4.69, 9.17) is 37.5 Å². The summed E-state index contributed by atoms with van der Waals surface area (Å²) >= 11 is 11.9. The van der Waals surface area contributed by atoms with Crippen molar-refractivity contribution in [2.75, 3.05) is 0 Å². The van der Waals surface area contributed by atoms with Crippen LogP contribution in [-0.4, -0.2) is 36.9 Å². The molecule has 0 saturated carbocycles. The molecule has 0 fully saturated rings. The number of amides is 1. The molecule has 1 amide bonds. The molecule has 3 rings (SSSR count). The molecule has 0 aliphatic heterocycles. The maximum absolute atomic E-state index is 12.9. The molecule has 0 aliphatic rings. The van der Waals surface area contributed by atoms with E-state index in [9.17, 15) is 19.3 Å². The maximum Gasteiger partial charge on any atom is 0.524 e. The normalized spacial score (nSPS) is 13.1. The van der Waals surface area contributed by atoms with Crippen LogP contribution in [0.25, 0.3) is 0 Å². The third kappa shape index (κ3) is 8.32. The lowest BCUT2D eigenvalue weighted by atomic mass is 9.95. The van der Waals surface area contributed by atoms with Gasteiger partial charge in [0, 0.05) is 6.42 Å². The summed E-state index contributed by atoms with van der Waals surface area (Å²) in [4.78, 5) is 46.3. The Kier molecular flexibility index (Phi) is 9.10. The van der Waals surface area contributed by atoms with Crippen LogP contribution in [0.5, 0.6) is 5.75 Å². The lowest BCUT2D eigenvalue weighted by Crippen LogP contribution is -2.35. The van der Waals surface area contributed by atoms with E-state index < -0.39 is 38.1 Å². The van der Waals surface area contributed by atoms with Crippen LogP contribution in [0.3, 0.4) is 0 Å². The van der Waals surface area contributed by atoms with E-state index in [0.29, 0.717) is 27.9 Å². The second-order valence-electron chi connectivity index (χ2n) is 7.93. The average Bonchev–Trinajstić information content (AvgIpc) is 3.24. The van der Waals surface area contributed by atoms with Gasteiger partial charge in [0.05, 0.1) is 22.4 Å². The minimum atomic E-state index is -4.71. The van der Waals surface area contributed by atoms with Crippen molar-refractivity contribution in [3.05, 3.63) is 75.4 Å². The molecular formula is C22H22Cl2N3O8P. The number of carboxylic acid groups (broad SMARTS) is 1. The number of nitrogens with one attached hydrogen (secondary N) is 1. The van der Waals surface area contributed by atoms with Gasteiger partial charge in [-0.1, -0.05) is 46.6 Å². The highest BCUT2D eigenvalue weighted by Gasteiger charge is 2.26. The van der Waals surface area contributed by atoms with Gasteiger partial charge in [-0.15, -0.1) is 0 Å². The zero-order valence-electron chi connectivity index (χ0n) is 18.8. The number of phosphoric acid groups is 1. The quantitative estimate of drug-likeness (QED) is 0.253.